The van der Waals surface area contributed by atoms with Crippen molar-refractivity contribution in [3.63, 3.8) is 0 Å². The summed E-state index contributed by atoms with van der Waals surface area (Å²) in [6.45, 7) is 10.9. The van der Waals surface area contributed by atoms with E-state index in [0.29, 0.717) is 17.1 Å². The Balaban J connectivity index is 1.34. The molecule has 1 aromatic carbocycles. The van der Waals surface area contributed by atoms with Crippen molar-refractivity contribution >= 4 is 17.5 Å². The van der Waals surface area contributed by atoms with Gasteiger partial charge in [0, 0.05) is 42.7 Å². The van der Waals surface area contributed by atoms with Crippen LogP contribution in [-0.2, 0) is 11.3 Å². The second-order valence-corrected chi connectivity index (χ2v) is 9.51. The van der Waals surface area contributed by atoms with Gasteiger partial charge in [0.15, 0.2) is 0 Å². The summed E-state index contributed by atoms with van der Waals surface area (Å²) in [5, 5.41) is 3.61. The van der Waals surface area contributed by atoms with Crippen molar-refractivity contribution < 1.29 is 9.18 Å². The fraction of sp³-hybridized carbons (Fsp3) is 0.696. The third-order valence-corrected chi connectivity index (χ3v) is 6.65. The van der Waals surface area contributed by atoms with Gasteiger partial charge in [0.05, 0.1) is 0 Å². The molecule has 4 nitrogen and oxygen atoms in total. The van der Waals surface area contributed by atoms with Crippen LogP contribution >= 0.6 is 11.6 Å². The molecule has 29 heavy (non-hydrogen) atoms. The molecule has 1 amide bonds. The minimum Gasteiger partial charge on any atom is -0.356 e. The zero-order chi connectivity index (χ0) is 20.8. The predicted octanol–water partition coefficient (Wildman–Crippen LogP) is 4.18. The SMILES string of the molecule is C[C@@H]1C[C@@H](C)CN(CCCNC(=O)C2CCN(Cc3c(F)cccc3Cl)CC2)C1. The van der Waals surface area contributed by atoms with Crippen LogP contribution in [0.3, 0.4) is 0 Å². The Labute approximate surface area is 179 Å². The van der Waals surface area contributed by atoms with Gasteiger partial charge >= 0.3 is 0 Å². The van der Waals surface area contributed by atoms with Crippen molar-refractivity contribution in [1.29, 1.82) is 0 Å². The summed E-state index contributed by atoms with van der Waals surface area (Å²) in [6.07, 6.45) is 3.98. The highest BCUT2D eigenvalue weighted by molar-refractivity contribution is 6.31. The number of hydrogen-bond donors (Lipinski definition) is 1. The summed E-state index contributed by atoms with van der Waals surface area (Å²) < 4.78 is 14.0. The molecule has 6 heteroatoms. The third-order valence-electron chi connectivity index (χ3n) is 6.30. The summed E-state index contributed by atoms with van der Waals surface area (Å²) in [7, 11) is 0. The molecule has 2 fully saturated rings. The van der Waals surface area contributed by atoms with Crippen LogP contribution in [0.1, 0.15) is 45.1 Å². The lowest BCUT2D eigenvalue weighted by molar-refractivity contribution is -0.126. The first-order valence-electron chi connectivity index (χ1n) is 11.1. The van der Waals surface area contributed by atoms with E-state index in [-0.39, 0.29) is 17.6 Å². The first-order valence-corrected chi connectivity index (χ1v) is 11.5. The molecule has 0 bridgehead atoms. The van der Waals surface area contributed by atoms with Gasteiger partial charge in [0.1, 0.15) is 5.82 Å². The number of rotatable bonds is 7. The summed E-state index contributed by atoms with van der Waals surface area (Å²) in [5.41, 5.74) is 0.554. The van der Waals surface area contributed by atoms with Crippen molar-refractivity contribution in [2.24, 2.45) is 17.8 Å². The fourth-order valence-corrected chi connectivity index (χ4v) is 5.12. The summed E-state index contributed by atoms with van der Waals surface area (Å²) in [6, 6.07) is 4.81. The van der Waals surface area contributed by atoms with Gasteiger partial charge in [0.2, 0.25) is 5.91 Å². The number of halogens is 2. The number of nitrogens with zero attached hydrogens (tertiary/aromatic N) is 2. The van der Waals surface area contributed by atoms with Gasteiger partial charge in [-0.05, 0) is 69.3 Å². The fourth-order valence-electron chi connectivity index (χ4n) is 4.89. The zero-order valence-corrected chi connectivity index (χ0v) is 18.6. The van der Waals surface area contributed by atoms with Crippen LogP contribution < -0.4 is 5.32 Å². The summed E-state index contributed by atoms with van der Waals surface area (Å²) >= 11 is 6.14. The lowest BCUT2D eigenvalue weighted by atomic mass is 9.92. The molecule has 3 rings (SSSR count). The van der Waals surface area contributed by atoms with Gasteiger partial charge in [-0.1, -0.05) is 31.5 Å². The molecular formula is C23H35ClFN3O. The molecule has 0 spiro atoms. The molecule has 2 aliphatic rings. The number of benzene rings is 1. The molecule has 1 aromatic rings. The van der Waals surface area contributed by atoms with Crippen molar-refractivity contribution in [3.05, 3.63) is 34.6 Å². The van der Waals surface area contributed by atoms with E-state index >= 15 is 0 Å². The van der Waals surface area contributed by atoms with Crippen LogP contribution in [0.5, 0.6) is 0 Å². The lowest BCUT2D eigenvalue weighted by Crippen LogP contribution is -2.42. The van der Waals surface area contributed by atoms with Gasteiger partial charge in [-0.15, -0.1) is 0 Å². The van der Waals surface area contributed by atoms with Crippen molar-refractivity contribution in [2.75, 3.05) is 39.3 Å². The van der Waals surface area contributed by atoms with E-state index in [0.717, 1.165) is 57.3 Å². The number of likely N-dealkylation sites (tertiary alicyclic amines) is 2. The maximum Gasteiger partial charge on any atom is 0.223 e. The van der Waals surface area contributed by atoms with Gasteiger partial charge in [0.25, 0.3) is 0 Å². The maximum atomic E-state index is 14.0. The summed E-state index contributed by atoms with van der Waals surface area (Å²) in [4.78, 5) is 17.2. The van der Waals surface area contributed by atoms with E-state index in [1.54, 1.807) is 12.1 Å². The van der Waals surface area contributed by atoms with E-state index < -0.39 is 0 Å². The largest absolute Gasteiger partial charge is 0.356 e. The van der Waals surface area contributed by atoms with Crippen LogP contribution in [0.2, 0.25) is 5.02 Å². The molecule has 0 radical (unpaired) electrons. The Morgan fingerprint density at radius 1 is 1.17 bits per heavy atom. The van der Waals surface area contributed by atoms with Gasteiger partial charge in [-0.3, -0.25) is 9.69 Å². The molecule has 2 aliphatic heterocycles. The molecule has 2 heterocycles. The topological polar surface area (TPSA) is 35.6 Å². The molecule has 0 aliphatic carbocycles. The van der Waals surface area contributed by atoms with E-state index in [2.05, 4.69) is 29.0 Å². The van der Waals surface area contributed by atoms with Gasteiger partial charge in [-0.2, -0.15) is 0 Å². The molecule has 1 N–H and O–H groups in total. The zero-order valence-electron chi connectivity index (χ0n) is 17.8. The first kappa shape index (κ1) is 22.5. The summed E-state index contributed by atoms with van der Waals surface area (Å²) in [5.74, 6) is 1.54. The highest BCUT2D eigenvalue weighted by Gasteiger charge is 2.26. The van der Waals surface area contributed by atoms with Gasteiger partial charge in [-0.25, -0.2) is 4.39 Å². The quantitative estimate of drug-likeness (QED) is 0.668. The number of carbonyl (C=O) groups is 1. The van der Waals surface area contributed by atoms with E-state index in [1.807, 2.05) is 0 Å². The molecule has 2 saturated heterocycles. The highest BCUT2D eigenvalue weighted by atomic mass is 35.5. The Hall–Kier alpha value is -1.17. The van der Waals surface area contributed by atoms with E-state index in [4.69, 9.17) is 11.6 Å². The number of piperidine rings is 2. The Bertz CT molecular complexity index is 648. The number of carbonyl (C=O) groups excluding carboxylic acids is 1. The molecule has 0 aromatic heterocycles. The van der Waals surface area contributed by atoms with Crippen LogP contribution in [0.25, 0.3) is 0 Å². The Morgan fingerprint density at radius 2 is 1.86 bits per heavy atom. The molecule has 0 unspecified atom stereocenters. The molecular weight excluding hydrogens is 389 g/mol. The van der Waals surface area contributed by atoms with Crippen molar-refractivity contribution in [3.8, 4) is 0 Å². The average Bonchev–Trinajstić information content (AvgIpc) is 2.68. The standard InChI is InChI=1S/C23H35ClFN3O/c1-17-13-18(2)15-28(14-17)10-4-9-26-23(29)19-7-11-27(12-8-19)16-20-21(24)5-3-6-22(20)25/h3,5-6,17-19H,4,7-16H2,1-2H3,(H,26,29)/t17-,18-/m1/s1. The second kappa shape index (κ2) is 10.7. The lowest BCUT2D eigenvalue weighted by Gasteiger charge is -2.35. The second-order valence-electron chi connectivity index (χ2n) is 9.10. The highest BCUT2D eigenvalue weighted by Crippen LogP contribution is 2.24. The van der Waals surface area contributed by atoms with Crippen molar-refractivity contribution in [1.82, 2.24) is 15.1 Å². The third kappa shape index (κ3) is 6.66. The Morgan fingerprint density at radius 3 is 2.52 bits per heavy atom. The number of nitrogens with one attached hydrogen (secondary N) is 1. The predicted molar refractivity (Wildman–Crippen MR) is 116 cm³/mol. The average molecular weight is 424 g/mol. The maximum absolute atomic E-state index is 14.0. The van der Waals surface area contributed by atoms with Crippen LogP contribution in [-0.4, -0.2) is 55.0 Å². The minimum absolute atomic E-state index is 0.0670. The van der Waals surface area contributed by atoms with Crippen LogP contribution in [0.4, 0.5) is 4.39 Å². The van der Waals surface area contributed by atoms with Crippen LogP contribution in [0.15, 0.2) is 18.2 Å². The Kier molecular flexibility index (Phi) is 8.34. The molecule has 2 atom stereocenters. The molecule has 162 valence electrons. The monoisotopic (exact) mass is 423 g/mol. The van der Waals surface area contributed by atoms with Crippen molar-refractivity contribution in [2.45, 2.75) is 46.1 Å². The first-order chi connectivity index (χ1) is 13.9. The normalized spacial score (nSPS) is 24.6. The van der Waals surface area contributed by atoms with E-state index in [1.165, 1.54) is 25.6 Å². The number of amides is 1. The minimum atomic E-state index is -0.255. The molecule has 0 saturated carbocycles. The van der Waals surface area contributed by atoms with Gasteiger partial charge < -0.3 is 10.2 Å². The van der Waals surface area contributed by atoms with E-state index in [9.17, 15) is 9.18 Å². The van der Waals surface area contributed by atoms with Crippen LogP contribution in [0, 0.1) is 23.6 Å². The smallest absolute Gasteiger partial charge is 0.223 e. The number of hydrogen-bond acceptors (Lipinski definition) is 3.